The molecule has 0 spiro atoms. The van der Waals surface area contributed by atoms with Crippen molar-refractivity contribution in [2.75, 3.05) is 33.3 Å². The summed E-state index contributed by atoms with van der Waals surface area (Å²) in [4.78, 5) is 2.41. The van der Waals surface area contributed by atoms with Crippen LogP contribution in [0.3, 0.4) is 0 Å². The molecule has 0 aromatic heterocycles. The summed E-state index contributed by atoms with van der Waals surface area (Å²) in [6, 6.07) is 8.10. The Morgan fingerprint density at radius 2 is 1.93 bits per heavy atom. The molecule has 0 fully saturated rings. The van der Waals surface area contributed by atoms with Gasteiger partial charge in [-0.25, -0.2) is 4.39 Å². The standard InChI is InChI=1S/C22H29BrClFN2O2/c1-4-27(5-2)12-6-11-26-14-18-19(23)9-10-21(28-3)22(18)29-15-16-7-8-17(25)13-20(16)24/h7-10,13,26H,4-6,11-12,14-15H2,1-3H3. The summed E-state index contributed by atoms with van der Waals surface area (Å²) in [5.74, 6) is 0.929. The van der Waals surface area contributed by atoms with Crippen molar-refractivity contribution in [1.29, 1.82) is 0 Å². The van der Waals surface area contributed by atoms with Crippen LogP contribution in [0.4, 0.5) is 4.39 Å². The highest BCUT2D eigenvalue weighted by Gasteiger charge is 2.15. The van der Waals surface area contributed by atoms with Crippen molar-refractivity contribution < 1.29 is 13.9 Å². The number of rotatable bonds is 12. The molecule has 0 heterocycles. The second-order valence-electron chi connectivity index (χ2n) is 6.64. The van der Waals surface area contributed by atoms with Gasteiger partial charge in [-0.15, -0.1) is 0 Å². The van der Waals surface area contributed by atoms with E-state index in [1.807, 2.05) is 12.1 Å². The van der Waals surface area contributed by atoms with Gasteiger partial charge in [-0.2, -0.15) is 0 Å². The maximum absolute atomic E-state index is 13.3. The van der Waals surface area contributed by atoms with Crippen molar-refractivity contribution in [2.45, 2.75) is 33.4 Å². The van der Waals surface area contributed by atoms with Crippen LogP contribution >= 0.6 is 27.5 Å². The minimum Gasteiger partial charge on any atom is -0.493 e. The first-order valence-corrected chi connectivity index (χ1v) is 11.0. The van der Waals surface area contributed by atoms with Crippen molar-refractivity contribution >= 4 is 27.5 Å². The van der Waals surface area contributed by atoms with Crippen molar-refractivity contribution in [3.8, 4) is 11.5 Å². The summed E-state index contributed by atoms with van der Waals surface area (Å²) in [6.45, 7) is 9.35. The molecule has 0 aliphatic carbocycles. The highest BCUT2D eigenvalue weighted by Crippen LogP contribution is 2.37. The zero-order valence-electron chi connectivity index (χ0n) is 17.2. The molecule has 0 unspecified atom stereocenters. The summed E-state index contributed by atoms with van der Waals surface area (Å²) >= 11 is 9.75. The second-order valence-corrected chi connectivity index (χ2v) is 7.90. The normalized spacial score (nSPS) is 11.1. The Balaban J connectivity index is 2.05. The fourth-order valence-corrected chi connectivity index (χ4v) is 3.71. The average Bonchev–Trinajstić information content (AvgIpc) is 2.71. The van der Waals surface area contributed by atoms with Gasteiger partial charge in [-0.3, -0.25) is 0 Å². The van der Waals surface area contributed by atoms with Crippen LogP contribution in [0.15, 0.2) is 34.8 Å². The van der Waals surface area contributed by atoms with Crippen LogP contribution in [0.1, 0.15) is 31.4 Å². The number of methoxy groups -OCH3 is 1. The lowest BCUT2D eigenvalue weighted by molar-refractivity contribution is 0.279. The van der Waals surface area contributed by atoms with Gasteiger partial charge in [0.15, 0.2) is 11.5 Å². The maximum atomic E-state index is 13.3. The van der Waals surface area contributed by atoms with E-state index in [2.05, 4.69) is 40.0 Å². The summed E-state index contributed by atoms with van der Waals surface area (Å²) in [7, 11) is 1.61. The molecule has 160 valence electrons. The highest BCUT2D eigenvalue weighted by molar-refractivity contribution is 9.10. The zero-order chi connectivity index (χ0) is 21.2. The van der Waals surface area contributed by atoms with Gasteiger partial charge in [-0.1, -0.05) is 47.4 Å². The number of hydrogen-bond acceptors (Lipinski definition) is 4. The quantitative estimate of drug-likeness (QED) is 0.392. The van der Waals surface area contributed by atoms with E-state index in [0.717, 1.165) is 42.6 Å². The Morgan fingerprint density at radius 1 is 1.17 bits per heavy atom. The Bertz CT molecular complexity index is 788. The Kier molecular flexibility index (Phi) is 10.2. The van der Waals surface area contributed by atoms with Gasteiger partial charge < -0.3 is 19.7 Å². The monoisotopic (exact) mass is 486 g/mol. The molecule has 0 saturated heterocycles. The van der Waals surface area contributed by atoms with E-state index >= 15 is 0 Å². The first-order chi connectivity index (χ1) is 14.0. The third kappa shape index (κ3) is 7.14. The number of halogens is 3. The Hall–Kier alpha value is -1.34. The smallest absolute Gasteiger partial charge is 0.167 e. The van der Waals surface area contributed by atoms with Gasteiger partial charge in [-0.05, 0) is 56.9 Å². The molecule has 0 aliphatic heterocycles. The number of nitrogens with one attached hydrogen (secondary N) is 1. The fourth-order valence-electron chi connectivity index (χ4n) is 3.04. The van der Waals surface area contributed by atoms with E-state index in [1.54, 1.807) is 13.2 Å². The van der Waals surface area contributed by atoms with Gasteiger partial charge in [0.25, 0.3) is 0 Å². The first kappa shape index (κ1) is 23.9. The van der Waals surface area contributed by atoms with Gasteiger partial charge in [0.2, 0.25) is 0 Å². The van der Waals surface area contributed by atoms with Crippen LogP contribution in [-0.2, 0) is 13.2 Å². The minimum absolute atomic E-state index is 0.223. The molecule has 7 heteroatoms. The Labute approximate surface area is 186 Å². The van der Waals surface area contributed by atoms with Crippen molar-refractivity contribution in [3.63, 3.8) is 0 Å². The number of ether oxygens (including phenoxy) is 2. The predicted octanol–water partition coefficient (Wildman–Crippen LogP) is 5.65. The molecule has 0 amide bonds. The van der Waals surface area contributed by atoms with Crippen LogP contribution in [0.2, 0.25) is 5.02 Å². The maximum Gasteiger partial charge on any atom is 0.167 e. The molecule has 29 heavy (non-hydrogen) atoms. The fraction of sp³-hybridized carbons (Fsp3) is 0.455. The largest absolute Gasteiger partial charge is 0.493 e. The van der Waals surface area contributed by atoms with E-state index in [-0.39, 0.29) is 12.4 Å². The average molecular weight is 488 g/mol. The van der Waals surface area contributed by atoms with Crippen LogP contribution in [0.5, 0.6) is 11.5 Å². The van der Waals surface area contributed by atoms with Crippen LogP contribution in [0, 0.1) is 5.82 Å². The van der Waals surface area contributed by atoms with Crippen LogP contribution in [-0.4, -0.2) is 38.2 Å². The third-order valence-electron chi connectivity index (χ3n) is 4.80. The molecular formula is C22H29BrClFN2O2. The van der Waals surface area contributed by atoms with Crippen molar-refractivity contribution in [1.82, 2.24) is 10.2 Å². The molecule has 2 aromatic carbocycles. The van der Waals surface area contributed by atoms with Crippen molar-refractivity contribution in [2.24, 2.45) is 0 Å². The number of nitrogens with zero attached hydrogens (tertiary/aromatic N) is 1. The van der Waals surface area contributed by atoms with Gasteiger partial charge >= 0.3 is 0 Å². The van der Waals surface area contributed by atoms with Crippen LogP contribution in [0.25, 0.3) is 0 Å². The number of benzene rings is 2. The molecule has 4 nitrogen and oxygen atoms in total. The molecule has 0 radical (unpaired) electrons. The van der Waals surface area contributed by atoms with Crippen LogP contribution < -0.4 is 14.8 Å². The SMILES string of the molecule is CCN(CC)CCCNCc1c(Br)ccc(OC)c1OCc1ccc(F)cc1Cl. The van der Waals surface area contributed by atoms with E-state index < -0.39 is 0 Å². The van der Waals surface area contributed by atoms with Crippen molar-refractivity contribution in [3.05, 3.63) is 56.8 Å². The molecular weight excluding hydrogens is 459 g/mol. The number of hydrogen-bond donors (Lipinski definition) is 1. The van der Waals surface area contributed by atoms with E-state index in [4.69, 9.17) is 21.1 Å². The second kappa shape index (κ2) is 12.4. The van der Waals surface area contributed by atoms with Gasteiger partial charge in [0.1, 0.15) is 12.4 Å². The lowest BCUT2D eigenvalue weighted by Gasteiger charge is -2.19. The molecule has 2 aromatic rings. The lowest BCUT2D eigenvalue weighted by Crippen LogP contribution is -2.27. The molecule has 1 N–H and O–H groups in total. The summed E-state index contributed by atoms with van der Waals surface area (Å²) < 4.78 is 25.8. The molecule has 0 atom stereocenters. The molecule has 2 rings (SSSR count). The van der Waals surface area contributed by atoms with Gasteiger partial charge in [0, 0.05) is 22.1 Å². The minimum atomic E-state index is -0.367. The predicted molar refractivity (Wildman–Crippen MR) is 121 cm³/mol. The summed E-state index contributed by atoms with van der Waals surface area (Å²) in [5.41, 5.74) is 1.69. The third-order valence-corrected chi connectivity index (χ3v) is 5.89. The zero-order valence-corrected chi connectivity index (χ0v) is 19.6. The summed E-state index contributed by atoms with van der Waals surface area (Å²) in [6.07, 6.45) is 1.07. The topological polar surface area (TPSA) is 33.7 Å². The van der Waals surface area contributed by atoms with E-state index in [1.165, 1.54) is 12.1 Å². The molecule has 0 bridgehead atoms. The summed E-state index contributed by atoms with van der Waals surface area (Å²) in [5, 5.41) is 3.83. The van der Waals surface area contributed by atoms with Gasteiger partial charge in [0.05, 0.1) is 12.1 Å². The Morgan fingerprint density at radius 3 is 2.59 bits per heavy atom. The molecule has 0 aliphatic rings. The van der Waals surface area contributed by atoms with E-state index in [0.29, 0.717) is 28.6 Å². The van der Waals surface area contributed by atoms with E-state index in [9.17, 15) is 4.39 Å². The first-order valence-electron chi connectivity index (χ1n) is 9.85. The lowest BCUT2D eigenvalue weighted by atomic mass is 10.1. The molecule has 0 saturated carbocycles. The highest BCUT2D eigenvalue weighted by atomic mass is 79.9.